The molecule has 0 bridgehead atoms. The van der Waals surface area contributed by atoms with Crippen molar-refractivity contribution >= 4 is 11.7 Å². The number of urea groups is 1. The van der Waals surface area contributed by atoms with E-state index < -0.39 is 6.03 Å². The van der Waals surface area contributed by atoms with E-state index in [9.17, 15) is 4.79 Å². The zero-order valence-corrected chi connectivity index (χ0v) is 11.6. The average Bonchev–Trinajstić information content (AvgIpc) is 2.92. The monoisotopic (exact) mass is 273 g/mol. The van der Waals surface area contributed by atoms with E-state index in [1.165, 1.54) is 0 Å². The predicted molar refractivity (Wildman–Crippen MR) is 78.3 cm³/mol. The molecular weight excluding hydrogens is 254 g/mol. The molecule has 0 fully saturated rings. The Hall–Kier alpha value is -2.27. The van der Waals surface area contributed by atoms with Crippen molar-refractivity contribution in [3.63, 3.8) is 0 Å². The first-order valence-corrected chi connectivity index (χ1v) is 6.52. The summed E-state index contributed by atoms with van der Waals surface area (Å²) in [4.78, 5) is 10.8. The molecule has 0 spiro atoms. The van der Waals surface area contributed by atoms with E-state index in [-0.39, 0.29) is 12.1 Å². The summed E-state index contributed by atoms with van der Waals surface area (Å²) >= 11 is 0. The largest absolute Gasteiger partial charge is 0.468 e. The Balaban J connectivity index is 1.98. The molecule has 1 heterocycles. The fourth-order valence-electron chi connectivity index (χ4n) is 2.09. The van der Waals surface area contributed by atoms with Crippen LogP contribution in [0.25, 0.3) is 0 Å². The summed E-state index contributed by atoms with van der Waals surface area (Å²) in [6, 6.07) is 11.1. The number of amides is 2. The van der Waals surface area contributed by atoms with Gasteiger partial charge in [0.05, 0.1) is 12.3 Å². The molecule has 2 rings (SSSR count). The Morgan fingerprint density at radius 1 is 1.15 bits per heavy atom. The Morgan fingerprint density at radius 2 is 1.85 bits per heavy atom. The number of primary amides is 1. The number of anilines is 1. The second-order valence-electron chi connectivity index (χ2n) is 4.74. The van der Waals surface area contributed by atoms with Crippen LogP contribution in [0.3, 0.4) is 0 Å². The normalized spacial score (nSPS) is 13.7. The minimum atomic E-state index is -0.560. The van der Waals surface area contributed by atoms with Gasteiger partial charge in [-0.1, -0.05) is 12.1 Å². The van der Waals surface area contributed by atoms with Gasteiger partial charge in [-0.25, -0.2) is 4.79 Å². The van der Waals surface area contributed by atoms with Crippen LogP contribution in [0.5, 0.6) is 0 Å². The highest BCUT2D eigenvalue weighted by atomic mass is 16.3. The van der Waals surface area contributed by atoms with E-state index in [0.29, 0.717) is 5.69 Å². The number of hydrogen-bond acceptors (Lipinski definition) is 3. The summed E-state index contributed by atoms with van der Waals surface area (Å²) in [6.45, 7) is 4.13. The fraction of sp³-hybridized carbons (Fsp3) is 0.267. The van der Waals surface area contributed by atoms with Crippen LogP contribution in [0.2, 0.25) is 0 Å². The molecule has 0 aliphatic heterocycles. The van der Waals surface area contributed by atoms with Gasteiger partial charge in [0.25, 0.3) is 0 Å². The van der Waals surface area contributed by atoms with E-state index in [1.54, 1.807) is 6.26 Å². The van der Waals surface area contributed by atoms with Crippen LogP contribution in [0.15, 0.2) is 47.1 Å². The van der Waals surface area contributed by atoms with E-state index in [2.05, 4.69) is 24.5 Å². The molecule has 5 nitrogen and oxygen atoms in total. The SMILES string of the molecule is CC(NC(C)c1ccco1)c1ccc(NC(N)=O)cc1. The molecule has 20 heavy (non-hydrogen) atoms. The molecule has 2 aromatic rings. The minimum absolute atomic E-state index is 0.128. The number of carbonyl (C=O) groups excluding carboxylic acids is 1. The molecule has 0 aliphatic rings. The standard InChI is InChI=1S/C15H19N3O2/c1-10(17-11(2)14-4-3-9-20-14)12-5-7-13(8-6-12)18-15(16)19/h3-11,17H,1-2H3,(H3,16,18,19). The van der Waals surface area contributed by atoms with Crippen molar-refractivity contribution in [1.82, 2.24) is 5.32 Å². The van der Waals surface area contributed by atoms with Gasteiger partial charge in [0.15, 0.2) is 0 Å². The van der Waals surface area contributed by atoms with Gasteiger partial charge >= 0.3 is 6.03 Å². The summed E-state index contributed by atoms with van der Waals surface area (Å²) < 4.78 is 5.37. The van der Waals surface area contributed by atoms with Gasteiger partial charge in [0.2, 0.25) is 0 Å². The second-order valence-corrected chi connectivity index (χ2v) is 4.74. The van der Waals surface area contributed by atoms with Gasteiger partial charge in [0, 0.05) is 11.7 Å². The zero-order valence-electron chi connectivity index (χ0n) is 11.6. The number of rotatable bonds is 5. The molecule has 0 radical (unpaired) electrons. The number of hydrogen-bond donors (Lipinski definition) is 3. The van der Waals surface area contributed by atoms with E-state index in [0.717, 1.165) is 11.3 Å². The quantitative estimate of drug-likeness (QED) is 0.782. The van der Waals surface area contributed by atoms with Crippen molar-refractivity contribution in [1.29, 1.82) is 0 Å². The van der Waals surface area contributed by atoms with Crippen LogP contribution in [0, 0.1) is 0 Å². The highest BCUT2D eigenvalue weighted by molar-refractivity contribution is 5.87. The number of nitrogens with one attached hydrogen (secondary N) is 2. The Morgan fingerprint density at radius 3 is 2.40 bits per heavy atom. The third-order valence-corrected chi connectivity index (χ3v) is 3.15. The lowest BCUT2D eigenvalue weighted by Gasteiger charge is -2.19. The molecule has 0 saturated carbocycles. The maximum atomic E-state index is 10.8. The molecule has 2 atom stereocenters. The van der Waals surface area contributed by atoms with Crippen molar-refractivity contribution in [2.75, 3.05) is 5.32 Å². The van der Waals surface area contributed by atoms with Crippen LogP contribution >= 0.6 is 0 Å². The smallest absolute Gasteiger partial charge is 0.316 e. The molecule has 2 amide bonds. The fourth-order valence-corrected chi connectivity index (χ4v) is 2.09. The average molecular weight is 273 g/mol. The zero-order chi connectivity index (χ0) is 14.5. The summed E-state index contributed by atoms with van der Waals surface area (Å²) in [7, 11) is 0. The van der Waals surface area contributed by atoms with Gasteiger partial charge in [-0.05, 0) is 43.7 Å². The van der Waals surface area contributed by atoms with Crippen LogP contribution in [-0.2, 0) is 0 Å². The number of benzene rings is 1. The van der Waals surface area contributed by atoms with Crippen LogP contribution in [-0.4, -0.2) is 6.03 Å². The summed E-state index contributed by atoms with van der Waals surface area (Å²) in [5, 5.41) is 5.99. The highest BCUT2D eigenvalue weighted by Gasteiger charge is 2.13. The summed E-state index contributed by atoms with van der Waals surface area (Å²) in [5.74, 6) is 0.906. The molecule has 0 aliphatic carbocycles. The molecule has 4 N–H and O–H groups in total. The topological polar surface area (TPSA) is 80.3 Å². The van der Waals surface area contributed by atoms with E-state index >= 15 is 0 Å². The first-order chi connectivity index (χ1) is 9.56. The van der Waals surface area contributed by atoms with Gasteiger partial charge in [-0.2, -0.15) is 0 Å². The first-order valence-electron chi connectivity index (χ1n) is 6.52. The van der Waals surface area contributed by atoms with Crippen LogP contribution in [0.1, 0.15) is 37.3 Å². The second kappa shape index (κ2) is 6.25. The number of furan rings is 1. The molecule has 106 valence electrons. The number of carbonyl (C=O) groups is 1. The van der Waals surface area contributed by atoms with Crippen molar-refractivity contribution in [3.05, 3.63) is 54.0 Å². The van der Waals surface area contributed by atoms with Crippen molar-refractivity contribution in [3.8, 4) is 0 Å². The van der Waals surface area contributed by atoms with Crippen molar-refractivity contribution < 1.29 is 9.21 Å². The maximum Gasteiger partial charge on any atom is 0.316 e. The maximum absolute atomic E-state index is 10.8. The third-order valence-electron chi connectivity index (χ3n) is 3.15. The Bertz CT molecular complexity index is 549. The molecular formula is C15H19N3O2. The van der Waals surface area contributed by atoms with Crippen molar-refractivity contribution in [2.24, 2.45) is 5.73 Å². The first kappa shape index (κ1) is 14.1. The highest BCUT2D eigenvalue weighted by Crippen LogP contribution is 2.21. The molecule has 2 unspecified atom stereocenters. The summed E-state index contributed by atoms with van der Waals surface area (Å²) in [5.41, 5.74) is 6.88. The van der Waals surface area contributed by atoms with Gasteiger partial charge < -0.3 is 20.8 Å². The third kappa shape index (κ3) is 3.61. The number of nitrogens with two attached hydrogens (primary N) is 1. The Kier molecular flexibility index (Phi) is 4.42. The predicted octanol–water partition coefficient (Wildman–Crippen LogP) is 3.18. The summed E-state index contributed by atoms with van der Waals surface area (Å²) in [6.07, 6.45) is 1.67. The lowest BCUT2D eigenvalue weighted by Crippen LogP contribution is -2.22. The van der Waals surface area contributed by atoms with Gasteiger partial charge in [-0.3, -0.25) is 0 Å². The lowest BCUT2D eigenvalue weighted by molar-refractivity contribution is 0.259. The van der Waals surface area contributed by atoms with E-state index in [1.807, 2.05) is 36.4 Å². The van der Waals surface area contributed by atoms with Crippen LogP contribution in [0.4, 0.5) is 10.5 Å². The van der Waals surface area contributed by atoms with Crippen molar-refractivity contribution in [2.45, 2.75) is 25.9 Å². The Labute approximate surface area is 118 Å². The van der Waals surface area contributed by atoms with Gasteiger partial charge in [0.1, 0.15) is 5.76 Å². The van der Waals surface area contributed by atoms with E-state index in [4.69, 9.17) is 10.2 Å². The van der Waals surface area contributed by atoms with Crippen LogP contribution < -0.4 is 16.4 Å². The lowest BCUT2D eigenvalue weighted by atomic mass is 10.1. The molecule has 1 aromatic carbocycles. The minimum Gasteiger partial charge on any atom is -0.468 e. The molecule has 1 aromatic heterocycles. The molecule has 5 heteroatoms. The van der Waals surface area contributed by atoms with Gasteiger partial charge in [-0.15, -0.1) is 0 Å². The molecule has 0 saturated heterocycles.